The van der Waals surface area contributed by atoms with E-state index in [1.807, 2.05) is 25.1 Å². The fraction of sp³-hybridized carbons (Fsp3) is 0.267. The number of hydrogen-bond acceptors (Lipinski definition) is 4. The van der Waals surface area contributed by atoms with Gasteiger partial charge in [0.05, 0.1) is 13.2 Å². The molecule has 0 saturated carbocycles. The van der Waals surface area contributed by atoms with Gasteiger partial charge in [-0.2, -0.15) is 0 Å². The molecule has 4 nitrogen and oxygen atoms in total. The number of carbonyl (C=O) groups is 1. The fourth-order valence-corrected chi connectivity index (χ4v) is 1.81. The Bertz CT molecular complexity index is 543. The lowest BCUT2D eigenvalue weighted by Gasteiger charge is -2.19. The predicted octanol–water partition coefficient (Wildman–Crippen LogP) is 2.56. The highest BCUT2D eigenvalue weighted by molar-refractivity contribution is 5.83. The third-order valence-electron chi connectivity index (χ3n) is 2.95. The van der Waals surface area contributed by atoms with Crippen LogP contribution in [-0.4, -0.2) is 24.3 Å². The Morgan fingerprint density at radius 3 is 2.95 bits per heavy atom. The third-order valence-corrected chi connectivity index (χ3v) is 2.95. The molecule has 4 heteroatoms. The van der Waals surface area contributed by atoms with Crippen molar-refractivity contribution in [2.24, 2.45) is 0 Å². The van der Waals surface area contributed by atoms with Crippen LogP contribution in [0, 0.1) is 6.92 Å². The van der Waals surface area contributed by atoms with Gasteiger partial charge in [0.25, 0.3) is 0 Å². The molecule has 1 aromatic carbocycles. The Morgan fingerprint density at radius 2 is 2.26 bits per heavy atom. The zero-order chi connectivity index (χ0) is 13.8. The summed E-state index contributed by atoms with van der Waals surface area (Å²) in [5, 5.41) is 9.61. The molecule has 1 aromatic rings. The summed E-state index contributed by atoms with van der Waals surface area (Å²) in [6.45, 7) is 1.83. The zero-order valence-electron chi connectivity index (χ0n) is 10.9. The number of esters is 1. The van der Waals surface area contributed by atoms with Gasteiger partial charge in [0, 0.05) is 6.42 Å². The zero-order valence-corrected chi connectivity index (χ0v) is 10.9. The minimum Gasteiger partial charge on any atom is -0.508 e. The molecule has 1 unspecified atom stereocenters. The van der Waals surface area contributed by atoms with E-state index in [1.54, 1.807) is 12.1 Å². The topological polar surface area (TPSA) is 55.8 Å². The second-order valence-electron chi connectivity index (χ2n) is 4.40. The Balaban J connectivity index is 2.08. The first-order valence-electron chi connectivity index (χ1n) is 6.01. The molecule has 19 heavy (non-hydrogen) atoms. The van der Waals surface area contributed by atoms with Crippen molar-refractivity contribution >= 4 is 12.0 Å². The summed E-state index contributed by atoms with van der Waals surface area (Å²) in [6, 6.07) is 5.40. The van der Waals surface area contributed by atoms with E-state index >= 15 is 0 Å². The molecule has 1 aliphatic rings. The molecule has 0 spiro atoms. The van der Waals surface area contributed by atoms with Gasteiger partial charge in [-0.15, -0.1) is 0 Å². The summed E-state index contributed by atoms with van der Waals surface area (Å²) < 4.78 is 10.2. The van der Waals surface area contributed by atoms with Crippen LogP contribution in [0.25, 0.3) is 6.08 Å². The Hall–Kier alpha value is -2.23. The van der Waals surface area contributed by atoms with Crippen molar-refractivity contribution in [3.63, 3.8) is 0 Å². The lowest BCUT2D eigenvalue weighted by atomic mass is 10.1. The highest BCUT2D eigenvalue weighted by Crippen LogP contribution is 2.21. The largest absolute Gasteiger partial charge is 0.508 e. The Morgan fingerprint density at radius 1 is 1.47 bits per heavy atom. The molecule has 0 saturated heterocycles. The predicted molar refractivity (Wildman–Crippen MR) is 71.5 cm³/mol. The molecule has 0 radical (unpaired) electrons. The van der Waals surface area contributed by atoms with Crippen LogP contribution in [-0.2, 0) is 14.3 Å². The highest BCUT2D eigenvalue weighted by atomic mass is 16.5. The SMILES string of the molecule is COC1=CC(=O)OC(/C=C/c2ccc(C)c(O)c2)C1. The van der Waals surface area contributed by atoms with Gasteiger partial charge in [0.15, 0.2) is 0 Å². The van der Waals surface area contributed by atoms with E-state index in [0.29, 0.717) is 12.2 Å². The van der Waals surface area contributed by atoms with Crippen LogP contribution in [0.5, 0.6) is 5.75 Å². The second-order valence-corrected chi connectivity index (χ2v) is 4.40. The summed E-state index contributed by atoms with van der Waals surface area (Å²) >= 11 is 0. The van der Waals surface area contributed by atoms with E-state index in [-0.39, 0.29) is 11.9 Å². The third kappa shape index (κ3) is 3.37. The number of aryl methyl sites for hydroxylation is 1. The van der Waals surface area contributed by atoms with Gasteiger partial charge in [-0.3, -0.25) is 0 Å². The van der Waals surface area contributed by atoms with Crippen LogP contribution in [0.4, 0.5) is 0 Å². The molecule has 0 fully saturated rings. The molecule has 100 valence electrons. The number of hydrogen-bond donors (Lipinski definition) is 1. The van der Waals surface area contributed by atoms with Crippen LogP contribution >= 0.6 is 0 Å². The van der Waals surface area contributed by atoms with Crippen molar-refractivity contribution in [1.82, 2.24) is 0 Å². The molecule has 0 amide bonds. The standard InChI is InChI=1S/C15H16O4/c1-10-3-4-11(7-14(10)16)5-6-12-8-13(18-2)9-15(17)19-12/h3-7,9,12,16H,8H2,1-2H3/b6-5+. The van der Waals surface area contributed by atoms with Gasteiger partial charge in [-0.25, -0.2) is 4.79 Å². The summed E-state index contributed by atoms with van der Waals surface area (Å²) in [5.74, 6) is 0.461. The van der Waals surface area contributed by atoms with Crippen molar-refractivity contribution in [2.75, 3.05) is 7.11 Å². The van der Waals surface area contributed by atoms with E-state index in [9.17, 15) is 9.90 Å². The van der Waals surface area contributed by atoms with Crippen LogP contribution < -0.4 is 0 Å². The van der Waals surface area contributed by atoms with Crippen LogP contribution in [0.3, 0.4) is 0 Å². The maximum atomic E-state index is 11.3. The molecule has 2 rings (SSSR count). The highest BCUT2D eigenvalue weighted by Gasteiger charge is 2.19. The van der Waals surface area contributed by atoms with Crippen LogP contribution in [0.2, 0.25) is 0 Å². The summed E-state index contributed by atoms with van der Waals surface area (Å²) in [5.41, 5.74) is 1.68. The number of cyclic esters (lactones) is 1. The maximum absolute atomic E-state index is 11.3. The Kier molecular flexibility index (Phi) is 3.90. The van der Waals surface area contributed by atoms with Crippen molar-refractivity contribution in [1.29, 1.82) is 0 Å². The smallest absolute Gasteiger partial charge is 0.334 e. The lowest BCUT2D eigenvalue weighted by Crippen LogP contribution is -2.21. The van der Waals surface area contributed by atoms with Crippen LogP contribution in [0.1, 0.15) is 17.5 Å². The van der Waals surface area contributed by atoms with Gasteiger partial charge in [-0.1, -0.05) is 18.2 Å². The average molecular weight is 260 g/mol. The van der Waals surface area contributed by atoms with Gasteiger partial charge >= 0.3 is 5.97 Å². The summed E-state index contributed by atoms with van der Waals surface area (Å²) in [4.78, 5) is 11.3. The number of phenols is 1. The monoisotopic (exact) mass is 260 g/mol. The molecule has 1 aliphatic heterocycles. The number of methoxy groups -OCH3 is 1. The maximum Gasteiger partial charge on any atom is 0.334 e. The molecule has 0 bridgehead atoms. The van der Waals surface area contributed by atoms with E-state index in [4.69, 9.17) is 9.47 Å². The number of carbonyl (C=O) groups excluding carboxylic acids is 1. The molecule has 1 N–H and O–H groups in total. The van der Waals surface area contributed by atoms with Gasteiger partial charge in [0.2, 0.25) is 0 Å². The van der Waals surface area contributed by atoms with Gasteiger partial charge in [0.1, 0.15) is 17.6 Å². The summed E-state index contributed by atoms with van der Waals surface area (Å²) in [6.07, 6.45) is 5.14. The van der Waals surface area contributed by atoms with Gasteiger partial charge < -0.3 is 14.6 Å². The second kappa shape index (κ2) is 5.61. The average Bonchev–Trinajstić information content (AvgIpc) is 2.39. The van der Waals surface area contributed by atoms with Gasteiger partial charge in [-0.05, 0) is 30.2 Å². The molecule has 1 atom stereocenters. The Labute approximate surface area is 112 Å². The molecule has 0 aliphatic carbocycles. The quantitative estimate of drug-likeness (QED) is 0.849. The minimum absolute atomic E-state index is 0.250. The molecular weight excluding hydrogens is 244 g/mol. The van der Waals surface area contributed by atoms with E-state index in [2.05, 4.69) is 0 Å². The lowest BCUT2D eigenvalue weighted by molar-refractivity contribution is -0.142. The van der Waals surface area contributed by atoms with E-state index in [1.165, 1.54) is 13.2 Å². The number of benzene rings is 1. The first kappa shape index (κ1) is 13.2. The molecule has 1 heterocycles. The number of ether oxygens (including phenoxy) is 2. The van der Waals surface area contributed by atoms with E-state index < -0.39 is 5.97 Å². The molecular formula is C15H16O4. The van der Waals surface area contributed by atoms with Crippen molar-refractivity contribution in [3.05, 3.63) is 47.2 Å². The van der Waals surface area contributed by atoms with Crippen molar-refractivity contribution < 1.29 is 19.4 Å². The number of aromatic hydroxyl groups is 1. The molecule has 0 aromatic heterocycles. The van der Waals surface area contributed by atoms with Crippen molar-refractivity contribution in [2.45, 2.75) is 19.4 Å². The van der Waals surface area contributed by atoms with Crippen LogP contribution in [0.15, 0.2) is 36.1 Å². The normalized spacial score (nSPS) is 19.2. The van der Waals surface area contributed by atoms with E-state index in [0.717, 1.165) is 11.1 Å². The number of rotatable bonds is 3. The summed E-state index contributed by atoms with van der Waals surface area (Å²) in [7, 11) is 1.53. The first-order chi connectivity index (χ1) is 9.08. The fourth-order valence-electron chi connectivity index (χ4n) is 1.81. The van der Waals surface area contributed by atoms with Crippen molar-refractivity contribution in [3.8, 4) is 5.75 Å². The minimum atomic E-state index is -0.399. The number of phenolic OH excluding ortho intramolecular Hbond substituents is 1. The first-order valence-corrected chi connectivity index (χ1v) is 6.01.